The molecule has 0 atom stereocenters. The number of amides is 2. The molecular weight excluding hydrogens is 446 g/mol. The van der Waals surface area contributed by atoms with E-state index in [2.05, 4.69) is 27.9 Å². The number of ether oxygens (including phenoxy) is 1. The second-order valence-electron chi connectivity index (χ2n) is 8.58. The number of fused-ring (bicyclic) bond motifs is 1. The van der Waals surface area contributed by atoms with Gasteiger partial charge in [-0.1, -0.05) is 6.58 Å². The van der Waals surface area contributed by atoms with E-state index in [0.717, 1.165) is 49.9 Å². The van der Waals surface area contributed by atoms with Crippen molar-refractivity contribution in [3.8, 4) is 22.9 Å². The lowest BCUT2D eigenvalue weighted by Crippen LogP contribution is -2.43. The molecule has 0 radical (unpaired) electrons. The number of methoxy groups -OCH3 is 1. The van der Waals surface area contributed by atoms with E-state index in [1.807, 2.05) is 17.2 Å². The summed E-state index contributed by atoms with van der Waals surface area (Å²) in [5.74, 6) is 1.02. The fourth-order valence-corrected chi connectivity index (χ4v) is 4.56. The molecule has 0 unspecified atom stereocenters. The lowest BCUT2D eigenvalue weighted by molar-refractivity contribution is -0.138. The van der Waals surface area contributed by atoms with E-state index >= 15 is 0 Å². The Bertz CT molecular complexity index is 1230. The molecule has 2 aliphatic rings. The van der Waals surface area contributed by atoms with Crippen molar-refractivity contribution in [2.24, 2.45) is 5.92 Å². The summed E-state index contributed by atoms with van der Waals surface area (Å²) in [4.78, 5) is 27.3. The summed E-state index contributed by atoms with van der Waals surface area (Å²) < 4.78 is 6.96. The van der Waals surface area contributed by atoms with Crippen LogP contribution < -0.4 is 4.74 Å². The van der Waals surface area contributed by atoms with E-state index in [4.69, 9.17) is 10.00 Å². The SMILES string of the molecule is C=CC(=O)N1CCC(C(=O)N2CCCC2)CC1.COc1cc(-c2cn[nH]c2)cn2ncc(C#N)c12. The summed E-state index contributed by atoms with van der Waals surface area (Å²) in [6.45, 7) is 6.71. The molecule has 5 heterocycles. The molecule has 0 aromatic carbocycles. The van der Waals surface area contributed by atoms with Crippen molar-refractivity contribution in [3.63, 3.8) is 0 Å². The van der Waals surface area contributed by atoms with Crippen LogP contribution in [0.3, 0.4) is 0 Å². The van der Waals surface area contributed by atoms with Crippen LogP contribution in [0.4, 0.5) is 0 Å². The number of carbonyl (C=O) groups excluding carboxylic acids is 2. The molecule has 5 rings (SSSR count). The number of carbonyl (C=O) groups is 2. The van der Waals surface area contributed by atoms with Gasteiger partial charge in [-0.25, -0.2) is 4.52 Å². The molecule has 2 saturated heterocycles. The third-order valence-corrected chi connectivity index (χ3v) is 6.50. The van der Waals surface area contributed by atoms with Gasteiger partial charge >= 0.3 is 0 Å². The Hall–Kier alpha value is -4.13. The number of aromatic nitrogens is 4. The maximum Gasteiger partial charge on any atom is 0.245 e. The molecule has 2 fully saturated rings. The van der Waals surface area contributed by atoms with Crippen LogP contribution in [0, 0.1) is 17.2 Å². The van der Waals surface area contributed by atoms with Crippen molar-refractivity contribution in [1.29, 1.82) is 5.26 Å². The van der Waals surface area contributed by atoms with Gasteiger partial charge in [-0.15, -0.1) is 0 Å². The first-order valence-corrected chi connectivity index (χ1v) is 11.7. The van der Waals surface area contributed by atoms with Gasteiger partial charge in [-0.05, 0) is 37.8 Å². The van der Waals surface area contributed by atoms with E-state index < -0.39 is 0 Å². The molecule has 182 valence electrons. The lowest BCUT2D eigenvalue weighted by atomic mass is 9.95. The van der Waals surface area contributed by atoms with Crippen LogP contribution in [-0.4, -0.2) is 74.7 Å². The Balaban J connectivity index is 0.000000165. The number of aromatic amines is 1. The zero-order chi connectivity index (χ0) is 24.8. The number of likely N-dealkylation sites (tertiary alicyclic amines) is 2. The minimum absolute atomic E-state index is 0.0166. The average molecular weight is 476 g/mol. The molecule has 2 aliphatic heterocycles. The second kappa shape index (κ2) is 10.9. The standard InChI is InChI=1S/C13H20N2O2.C12H9N5O/c1-2-12(16)14-9-5-11(6-10-14)13(17)15-7-3-4-8-15;1-18-11-2-8(10-4-14-15-5-10)7-17-12(11)9(3-13)6-16-17/h2,11H,1,3-10H2;2,4-7H,1H3,(H,14,15). The van der Waals surface area contributed by atoms with Gasteiger partial charge in [-0.3, -0.25) is 14.7 Å². The van der Waals surface area contributed by atoms with Gasteiger partial charge in [0.2, 0.25) is 11.8 Å². The highest BCUT2D eigenvalue weighted by atomic mass is 16.5. The van der Waals surface area contributed by atoms with Gasteiger partial charge < -0.3 is 14.5 Å². The lowest BCUT2D eigenvalue weighted by Gasteiger charge is -2.32. The van der Waals surface area contributed by atoms with Gasteiger partial charge in [0.1, 0.15) is 22.9 Å². The minimum atomic E-state index is -0.0166. The molecule has 0 saturated carbocycles. The summed E-state index contributed by atoms with van der Waals surface area (Å²) in [5.41, 5.74) is 3.02. The number of nitrogens with one attached hydrogen (secondary N) is 1. The molecule has 1 N–H and O–H groups in total. The summed E-state index contributed by atoms with van der Waals surface area (Å²) in [5, 5.41) is 19.8. The van der Waals surface area contributed by atoms with Crippen molar-refractivity contribution in [2.75, 3.05) is 33.3 Å². The third kappa shape index (κ3) is 5.19. The predicted molar refractivity (Wildman–Crippen MR) is 129 cm³/mol. The molecule has 10 nitrogen and oxygen atoms in total. The number of rotatable bonds is 4. The van der Waals surface area contributed by atoms with Crippen molar-refractivity contribution >= 4 is 17.3 Å². The van der Waals surface area contributed by atoms with Gasteiger partial charge in [0, 0.05) is 55.6 Å². The van der Waals surface area contributed by atoms with Gasteiger partial charge in [0.05, 0.1) is 19.5 Å². The summed E-state index contributed by atoms with van der Waals surface area (Å²) in [7, 11) is 1.57. The topological polar surface area (TPSA) is 120 Å². The number of nitrogens with zero attached hydrogens (tertiary/aromatic N) is 6. The maximum absolute atomic E-state index is 12.1. The van der Waals surface area contributed by atoms with Crippen molar-refractivity contribution in [2.45, 2.75) is 25.7 Å². The summed E-state index contributed by atoms with van der Waals surface area (Å²) >= 11 is 0. The predicted octanol–water partition coefficient (Wildman–Crippen LogP) is 2.64. The first kappa shape index (κ1) is 24.0. The molecule has 3 aromatic rings. The first-order valence-electron chi connectivity index (χ1n) is 11.7. The number of nitriles is 1. The van der Waals surface area contributed by atoms with Crippen molar-refractivity contribution in [3.05, 3.63) is 49.1 Å². The quantitative estimate of drug-likeness (QED) is 0.580. The Kier molecular flexibility index (Phi) is 7.45. The zero-order valence-corrected chi connectivity index (χ0v) is 19.8. The molecule has 10 heteroatoms. The Labute approximate surface area is 203 Å². The highest BCUT2D eigenvalue weighted by molar-refractivity contribution is 5.87. The molecule has 3 aromatic heterocycles. The maximum atomic E-state index is 12.1. The smallest absolute Gasteiger partial charge is 0.245 e. The van der Waals surface area contributed by atoms with E-state index in [0.29, 0.717) is 35.8 Å². The molecule has 2 amide bonds. The molecular formula is C25H29N7O3. The van der Waals surface area contributed by atoms with Gasteiger partial charge in [0.25, 0.3) is 0 Å². The third-order valence-electron chi connectivity index (χ3n) is 6.50. The van der Waals surface area contributed by atoms with Crippen LogP contribution in [-0.2, 0) is 9.59 Å². The van der Waals surface area contributed by atoms with E-state index in [1.165, 1.54) is 12.3 Å². The fraction of sp³-hybridized carbons (Fsp3) is 0.400. The number of hydrogen-bond donors (Lipinski definition) is 1. The average Bonchev–Trinajstić information content (AvgIpc) is 3.69. The molecule has 0 aliphatic carbocycles. The van der Waals surface area contributed by atoms with E-state index in [9.17, 15) is 9.59 Å². The Morgan fingerprint density at radius 3 is 2.51 bits per heavy atom. The van der Waals surface area contributed by atoms with Crippen molar-refractivity contribution in [1.82, 2.24) is 29.6 Å². The normalized spacial score (nSPS) is 15.9. The monoisotopic (exact) mass is 475 g/mol. The van der Waals surface area contributed by atoms with Crippen LogP contribution in [0.2, 0.25) is 0 Å². The number of piperidine rings is 1. The summed E-state index contributed by atoms with van der Waals surface area (Å²) in [6, 6.07) is 3.96. The second-order valence-corrected chi connectivity index (χ2v) is 8.58. The number of pyridine rings is 1. The van der Waals surface area contributed by atoms with E-state index in [1.54, 1.807) is 28.9 Å². The minimum Gasteiger partial charge on any atom is -0.494 e. The zero-order valence-electron chi connectivity index (χ0n) is 19.8. The number of hydrogen-bond acceptors (Lipinski definition) is 6. The van der Waals surface area contributed by atoms with Crippen LogP contribution in [0.5, 0.6) is 5.75 Å². The highest BCUT2D eigenvalue weighted by Gasteiger charge is 2.30. The van der Waals surface area contributed by atoms with Crippen molar-refractivity contribution < 1.29 is 14.3 Å². The van der Waals surface area contributed by atoms with Gasteiger partial charge in [0.15, 0.2) is 0 Å². The number of H-pyrrole nitrogens is 1. The van der Waals surface area contributed by atoms with Crippen LogP contribution in [0.25, 0.3) is 16.6 Å². The largest absolute Gasteiger partial charge is 0.494 e. The van der Waals surface area contributed by atoms with Gasteiger partial charge in [-0.2, -0.15) is 15.5 Å². The Morgan fingerprint density at radius 1 is 1.17 bits per heavy atom. The highest BCUT2D eigenvalue weighted by Crippen LogP contribution is 2.29. The van der Waals surface area contributed by atoms with E-state index in [-0.39, 0.29) is 11.8 Å². The van der Waals surface area contributed by atoms with Crippen LogP contribution >= 0.6 is 0 Å². The first-order chi connectivity index (χ1) is 17.0. The Morgan fingerprint density at radius 2 is 1.91 bits per heavy atom. The van der Waals surface area contributed by atoms with Crippen LogP contribution in [0.1, 0.15) is 31.2 Å². The van der Waals surface area contributed by atoms with Crippen LogP contribution in [0.15, 0.2) is 43.5 Å². The molecule has 0 bridgehead atoms. The molecule has 0 spiro atoms. The fourth-order valence-electron chi connectivity index (χ4n) is 4.56. The summed E-state index contributed by atoms with van der Waals surface area (Å²) in [6.07, 6.45) is 12.1. The molecule has 35 heavy (non-hydrogen) atoms.